The average molecular weight is 139 g/mol. The largest absolute Gasteiger partial charge is 0.330 e. The topological polar surface area (TPSA) is 43.1 Å². The summed E-state index contributed by atoms with van der Waals surface area (Å²) in [6, 6.07) is 0. The average Bonchev–Trinajstić information content (AvgIpc) is 1.99. The molecule has 0 rings (SSSR count). The fourth-order valence-corrected chi connectivity index (χ4v) is 0.519. The lowest BCUT2D eigenvalue weighted by molar-refractivity contribution is -0.104. The van der Waals surface area contributed by atoms with Gasteiger partial charge in [0.15, 0.2) is 0 Å². The van der Waals surface area contributed by atoms with Gasteiger partial charge in [-0.05, 0) is 19.9 Å². The van der Waals surface area contributed by atoms with Crippen molar-refractivity contribution in [3.05, 3.63) is 23.8 Å². The van der Waals surface area contributed by atoms with Gasteiger partial charge in [0.2, 0.25) is 0 Å². The first-order valence-corrected chi connectivity index (χ1v) is 3.33. The maximum absolute atomic E-state index is 10.2. The number of hydrogen-bond donors (Lipinski definition) is 1. The van der Waals surface area contributed by atoms with Crippen molar-refractivity contribution in [1.82, 2.24) is 0 Å². The van der Waals surface area contributed by atoms with Gasteiger partial charge in [0.05, 0.1) is 0 Å². The molecule has 2 N–H and O–H groups in total. The van der Waals surface area contributed by atoms with Crippen molar-refractivity contribution in [3.8, 4) is 0 Å². The van der Waals surface area contributed by atoms with Gasteiger partial charge in [-0.15, -0.1) is 0 Å². The van der Waals surface area contributed by atoms with E-state index in [4.69, 9.17) is 5.73 Å². The molecule has 0 saturated heterocycles. The van der Waals surface area contributed by atoms with Crippen molar-refractivity contribution in [1.29, 1.82) is 0 Å². The molecule has 0 aliphatic rings. The highest BCUT2D eigenvalue weighted by Crippen LogP contribution is 1.92. The molecule has 0 bridgehead atoms. The zero-order valence-corrected chi connectivity index (χ0v) is 6.21. The Labute approximate surface area is 61.4 Å². The standard InChI is InChI=1S/C8H13NO/c1-2-8(7-10)5-3-4-6-9/h2-3,5,7H,4,6,9H2,1H3/b5-3-,8-2+. The van der Waals surface area contributed by atoms with Gasteiger partial charge in [-0.3, -0.25) is 4.79 Å². The van der Waals surface area contributed by atoms with E-state index >= 15 is 0 Å². The summed E-state index contributed by atoms with van der Waals surface area (Å²) in [5.74, 6) is 0. The fourth-order valence-electron chi connectivity index (χ4n) is 0.519. The minimum atomic E-state index is 0.631. The van der Waals surface area contributed by atoms with Gasteiger partial charge in [0, 0.05) is 5.57 Å². The number of carbonyl (C=O) groups excluding carboxylic acids is 1. The van der Waals surface area contributed by atoms with E-state index in [1.165, 1.54) is 0 Å². The molecule has 0 amide bonds. The predicted octanol–water partition coefficient (Wildman–Crippen LogP) is 1.04. The van der Waals surface area contributed by atoms with E-state index < -0.39 is 0 Å². The molecular formula is C8H13NO. The number of aldehydes is 1. The lowest BCUT2D eigenvalue weighted by Crippen LogP contribution is -1.95. The SMILES string of the molecule is C/C=C(C=O)\C=C/CCN. The molecule has 0 heterocycles. The van der Waals surface area contributed by atoms with Gasteiger partial charge >= 0.3 is 0 Å². The van der Waals surface area contributed by atoms with Crippen LogP contribution in [0.3, 0.4) is 0 Å². The lowest BCUT2D eigenvalue weighted by atomic mass is 10.2. The Hall–Kier alpha value is -0.890. The molecule has 0 spiro atoms. The third kappa shape index (κ3) is 4.04. The van der Waals surface area contributed by atoms with Crippen molar-refractivity contribution in [2.24, 2.45) is 5.73 Å². The lowest BCUT2D eigenvalue weighted by Gasteiger charge is -1.86. The third-order valence-corrected chi connectivity index (χ3v) is 1.11. The summed E-state index contributed by atoms with van der Waals surface area (Å²) in [5, 5.41) is 0. The second-order valence-electron chi connectivity index (χ2n) is 1.89. The third-order valence-electron chi connectivity index (χ3n) is 1.11. The minimum absolute atomic E-state index is 0.631. The molecule has 0 unspecified atom stereocenters. The molecule has 0 aliphatic carbocycles. The molecule has 2 nitrogen and oxygen atoms in total. The van der Waals surface area contributed by atoms with Gasteiger partial charge < -0.3 is 5.73 Å². The Morgan fingerprint density at radius 2 is 2.30 bits per heavy atom. The van der Waals surface area contributed by atoms with Gasteiger partial charge in [-0.25, -0.2) is 0 Å². The Kier molecular flexibility index (Phi) is 5.68. The van der Waals surface area contributed by atoms with Crippen molar-refractivity contribution < 1.29 is 4.79 Å². The molecule has 0 atom stereocenters. The van der Waals surface area contributed by atoms with E-state index in [1.807, 2.05) is 13.0 Å². The van der Waals surface area contributed by atoms with Crippen LogP contribution in [0.5, 0.6) is 0 Å². The van der Waals surface area contributed by atoms with Crippen LogP contribution in [0.4, 0.5) is 0 Å². The van der Waals surface area contributed by atoms with E-state index in [0.29, 0.717) is 12.1 Å². The molecule has 0 fully saturated rings. The number of hydrogen-bond acceptors (Lipinski definition) is 2. The molecule has 0 radical (unpaired) electrons. The van der Waals surface area contributed by atoms with Crippen LogP contribution >= 0.6 is 0 Å². The van der Waals surface area contributed by atoms with Crippen LogP contribution in [0.1, 0.15) is 13.3 Å². The molecule has 2 heteroatoms. The minimum Gasteiger partial charge on any atom is -0.330 e. The molecule has 0 aromatic rings. The van der Waals surface area contributed by atoms with Crippen molar-refractivity contribution >= 4 is 6.29 Å². The normalized spacial score (nSPS) is 12.4. The fraction of sp³-hybridized carbons (Fsp3) is 0.375. The van der Waals surface area contributed by atoms with Crippen LogP contribution < -0.4 is 5.73 Å². The summed E-state index contributed by atoms with van der Waals surface area (Å²) in [5.41, 5.74) is 5.94. The summed E-state index contributed by atoms with van der Waals surface area (Å²) in [7, 11) is 0. The quantitative estimate of drug-likeness (QED) is 0.359. The van der Waals surface area contributed by atoms with E-state index in [-0.39, 0.29) is 0 Å². The predicted molar refractivity (Wildman–Crippen MR) is 42.6 cm³/mol. The molecule has 0 aromatic heterocycles. The van der Waals surface area contributed by atoms with Crippen molar-refractivity contribution in [2.75, 3.05) is 6.54 Å². The number of nitrogens with two attached hydrogens (primary N) is 1. The van der Waals surface area contributed by atoms with Crippen molar-refractivity contribution in [2.45, 2.75) is 13.3 Å². The highest BCUT2D eigenvalue weighted by molar-refractivity contribution is 5.77. The molecule has 56 valence electrons. The van der Waals surface area contributed by atoms with Crippen LogP contribution in [-0.2, 0) is 4.79 Å². The van der Waals surface area contributed by atoms with Gasteiger partial charge in [-0.2, -0.15) is 0 Å². The summed E-state index contributed by atoms with van der Waals surface area (Å²) < 4.78 is 0. The number of allylic oxidation sites excluding steroid dienone is 3. The number of rotatable bonds is 4. The maximum atomic E-state index is 10.2. The summed E-state index contributed by atoms with van der Waals surface area (Å²) >= 11 is 0. The van der Waals surface area contributed by atoms with E-state index in [0.717, 1.165) is 12.7 Å². The molecule has 0 aliphatic heterocycles. The van der Waals surface area contributed by atoms with Gasteiger partial charge in [0.1, 0.15) is 6.29 Å². The second-order valence-corrected chi connectivity index (χ2v) is 1.89. The zero-order valence-electron chi connectivity index (χ0n) is 6.21. The van der Waals surface area contributed by atoms with Gasteiger partial charge in [0.25, 0.3) is 0 Å². The molecule has 0 saturated carbocycles. The Balaban J connectivity index is 3.74. The summed E-state index contributed by atoms with van der Waals surface area (Å²) in [6.45, 7) is 2.46. The first kappa shape index (κ1) is 9.11. The smallest absolute Gasteiger partial charge is 0.149 e. The van der Waals surface area contributed by atoms with Crippen LogP contribution in [0.2, 0.25) is 0 Å². The highest BCUT2D eigenvalue weighted by Gasteiger charge is 1.82. The maximum Gasteiger partial charge on any atom is 0.149 e. The highest BCUT2D eigenvalue weighted by atomic mass is 16.1. The van der Waals surface area contributed by atoms with Crippen LogP contribution in [0.15, 0.2) is 23.8 Å². The second kappa shape index (κ2) is 6.23. The summed E-state index contributed by atoms with van der Waals surface area (Å²) in [6.07, 6.45) is 7.09. The first-order valence-electron chi connectivity index (χ1n) is 3.33. The van der Waals surface area contributed by atoms with Crippen LogP contribution in [0.25, 0.3) is 0 Å². The first-order chi connectivity index (χ1) is 4.85. The van der Waals surface area contributed by atoms with E-state index in [2.05, 4.69) is 0 Å². The monoisotopic (exact) mass is 139 g/mol. The zero-order chi connectivity index (χ0) is 7.82. The molecular weight excluding hydrogens is 126 g/mol. The Bertz CT molecular complexity index is 147. The molecule has 10 heavy (non-hydrogen) atoms. The van der Waals surface area contributed by atoms with Crippen molar-refractivity contribution in [3.63, 3.8) is 0 Å². The molecule has 0 aromatic carbocycles. The Morgan fingerprint density at radius 1 is 1.60 bits per heavy atom. The summed E-state index contributed by atoms with van der Waals surface area (Å²) in [4.78, 5) is 10.2. The van der Waals surface area contributed by atoms with Crippen LogP contribution in [0, 0.1) is 0 Å². The Morgan fingerprint density at radius 3 is 2.70 bits per heavy atom. The van der Waals surface area contributed by atoms with Gasteiger partial charge in [-0.1, -0.05) is 18.2 Å². The van der Waals surface area contributed by atoms with E-state index in [9.17, 15) is 4.79 Å². The number of carbonyl (C=O) groups is 1. The van der Waals surface area contributed by atoms with Crippen LogP contribution in [-0.4, -0.2) is 12.8 Å². The van der Waals surface area contributed by atoms with E-state index in [1.54, 1.807) is 12.2 Å².